The minimum Gasteiger partial charge on any atom is -0.360 e. The summed E-state index contributed by atoms with van der Waals surface area (Å²) >= 11 is 0. The molecule has 2 aromatic rings. The minimum atomic E-state index is -0.308. The Morgan fingerprint density at radius 2 is 2.12 bits per heavy atom. The zero-order valence-electron chi connectivity index (χ0n) is 9.25. The van der Waals surface area contributed by atoms with E-state index in [0.29, 0.717) is 23.0 Å². The molecular weight excluding hydrogens is 207 g/mol. The number of likely N-dealkylation sites (N-methyl/N-ethyl adjacent to an activating group) is 1. The first-order valence-corrected chi connectivity index (χ1v) is 5.03. The summed E-state index contributed by atoms with van der Waals surface area (Å²) in [7, 11) is 3.65. The molecular formula is C12H13FN2O. The smallest absolute Gasteiger partial charge is 0.178 e. The highest BCUT2D eigenvalue weighted by Crippen LogP contribution is 2.20. The van der Waals surface area contributed by atoms with Gasteiger partial charge in [-0.25, -0.2) is 4.39 Å². The number of ketones is 1. The maximum absolute atomic E-state index is 13.4. The van der Waals surface area contributed by atoms with E-state index in [1.807, 2.05) is 14.1 Å². The lowest BCUT2D eigenvalue weighted by Crippen LogP contribution is -2.21. The normalized spacial score (nSPS) is 11.2. The van der Waals surface area contributed by atoms with Crippen LogP contribution in [-0.2, 0) is 0 Å². The number of halogens is 1. The summed E-state index contributed by atoms with van der Waals surface area (Å²) in [4.78, 5) is 16.6. The number of carbonyl (C=O) groups is 1. The van der Waals surface area contributed by atoms with Crippen molar-refractivity contribution in [3.63, 3.8) is 0 Å². The van der Waals surface area contributed by atoms with Crippen LogP contribution in [0.5, 0.6) is 0 Å². The molecule has 0 amide bonds. The van der Waals surface area contributed by atoms with Crippen molar-refractivity contribution in [1.82, 2.24) is 9.88 Å². The second kappa shape index (κ2) is 4.06. The molecule has 0 fully saturated rings. The summed E-state index contributed by atoms with van der Waals surface area (Å²) in [5.41, 5.74) is 1.11. The lowest BCUT2D eigenvalue weighted by Gasteiger charge is -2.09. The Balaban J connectivity index is 2.49. The van der Waals surface area contributed by atoms with Crippen molar-refractivity contribution in [3.05, 3.63) is 35.8 Å². The van der Waals surface area contributed by atoms with E-state index in [0.717, 1.165) is 0 Å². The van der Waals surface area contributed by atoms with Gasteiger partial charge in [-0.1, -0.05) is 0 Å². The van der Waals surface area contributed by atoms with Gasteiger partial charge < -0.3 is 9.88 Å². The van der Waals surface area contributed by atoms with Crippen LogP contribution in [0.1, 0.15) is 10.4 Å². The molecule has 0 unspecified atom stereocenters. The highest BCUT2D eigenvalue weighted by molar-refractivity contribution is 6.07. The van der Waals surface area contributed by atoms with Gasteiger partial charge in [0.25, 0.3) is 0 Å². The summed E-state index contributed by atoms with van der Waals surface area (Å²) < 4.78 is 13.4. The number of fused-ring (bicyclic) bond motifs is 1. The predicted octanol–water partition coefficient (Wildman–Crippen LogP) is 2.05. The molecule has 0 saturated carbocycles. The van der Waals surface area contributed by atoms with Crippen molar-refractivity contribution in [2.45, 2.75) is 0 Å². The van der Waals surface area contributed by atoms with Gasteiger partial charge in [-0.15, -0.1) is 0 Å². The summed E-state index contributed by atoms with van der Waals surface area (Å²) in [5.74, 6) is -0.324. The average molecular weight is 220 g/mol. The molecule has 4 heteroatoms. The first-order chi connectivity index (χ1) is 7.59. The van der Waals surface area contributed by atoms with E-state index in [1.165, 1.54) is 12.1 Å². The van der Waals surface area contributed by atoms with Crippen LogP contribution in [0.15, 0.2) is 24.4 Å². The zero-order valence-corrected chi connectivity index (χ0v) is 9.25. The molecule has 0 radical (unpaired) electrons. The van der Waals surface area contributed by atoms with E-state index in [9.17, 15) is 9.18 Å². The predicted molar refractivity (Wildman–Crippen MR) is 61.1 cm³/mol. The maximum Gasteiger partial charge on any atom is 0.178 e. The Kier molecular flexibility index (Phi) is 2.75. The molecule has 1 N–H and O–H groups in total. The fourth-order valence-corrected chi connectivity index (χ4v) is 1.73. The standard InChI is InChI=1S/C12H13FN2O/c1-15(2)7-11(16)9-3-4-10(13)8-5-6-14-12(8)9/h3-6,14H,7H2,1-2H3. The fourth-order valence-electron chi connectivity index (χ4n) is 1.73. The molecule has 0 bridgehead atoms. The largest absolute Gasteiger partial charge is 0.360 e. The quantitative estimate of drug-likeness (QED) is 0.804. The second-order valence-electron chi connectivity index (χ2n) is 4.02. The van der Waals surface area contributed by atoms with Crippen LogP contribution in [0.4, 0.5) is 4.39 Å². The molecule has 84 valence electrons. The Labute approximate surface area is 92.9 Å². The van der Waals surface area contributed by atoms with Crippen LogP contribution in [-0.4, -0.2) is 36.3 Å². The maximum atomic E-state index is 13.4. The number of nitrogens with one attached hydrogen (secondary N) is 1. The molecule has 0 aliphatic heterocycles. The number of hydrogen-bond donors (Lipinski definition) is 1. The van der Waals surface area contributed by atoms with Crippen LogP contribution >= 0.6 is 0 Å². The molecule has 1 aromatic carbocycles. The molecule has 2 rings (SSSR count). The molecule has 0 atom stereocenters. The number of benzene rings is 1. The molecule has 0 spiro atoms. The van der Waals surface area contributed by atoms with Gasteiger partial charge >= 0.3 is 0 Å². The number of aromatic amines is 1. The molecule has 1 aromatic heterocycles. The van der Waals surface area contributed by atoms with Gasteiger partial charge in [0.2, 0.25) is 0 Å². The Morgan fingerprint density at radius 3 is 2.81 bits per heavy atom. The van der Waals surface area contributed by atoms with Crippen molar-refractivity contribution < 1.29 is 9.18 Å². The summed E-state index contributed by atoms with van der Waals surface area (Å²) in [6.07, 6.45) is 1.64. The lowest BCUT2D eigenvalue weighted by molar-refractivity contribution is 0.0959. The van der Waals surface area contributed by atoms with E-state index < -0.39 is 0 Å². The summed E-state index contributed by atoms with van der Waals surface area (Å²) in [6, 6.07) is 4.50. The van der Waals surface area contributed by atoms with Gasteiger partial charge in [0, 0.05) is 17.1 Å². The van der Waals surface area contributed by atoms with Gasteiger partial charge in [0.1, 0.15) is 5.82 Å². The molecule has 0 aliphatic carbocycles. The highest BCUT2D eigenvalue weighted by Gasteiger charge is 2.13. The first kappa shape index (κ1) is 10.8. The third-order valence-corrected chi connectivity index (χ3v) is 2.43. The number of nitrogens with zero attached hydrogens (tertiary/aromatic N) is 1. The molecule has 0 aliphatic rings. The van der Waals surface area contributed by atoms with Gasteiger partial charge in [0.15, 0.2) is 5.78 Å². The SMILES string of the molecule is CN(C)CC(=O)c1ccc(F)c2cc[nH]c12. The van der Waals surface area contributed by atoms with Crippen molar-refractivity contribution >= 4 is 16.7 Å². The topological polar surface area (TPSA) is 36.1 Å². The van der Waals surface area contributed by atoms with Crippen LogP contribution in [0.2, 0.25) is 0 Å². The van der Waals surface area contributed by atoms with Gasteiger partial charge in [-0.2, -0.15) is 0 Å². The molecule has 0 saturated heterocycles. The van der Waals surface area contributed by atoms with Gasteiger partial charge in [-0.05, 0) is 32.3 Å². The molecule has 16 heavy (non-hydrogen) atoms. The fraction of sp³-hybridized carbons (Fsp3) is 0.250. The Hall–Kier alpha value is -1.68. The van der Waals surface area contributed by atoms with Crippen LogP contribution in [0, 0.1) is 5.82 Å². The Morgan fingerprint density at radius 1 is 1.38 bits per heavy atom. The highest BCUT2D eigenvalue weighted by atomic mass is 19.1. The van der Waals surface area contributed by atoms with E-state index in [1.54, 1.807) is 17.2 Å². The zero-order chi connectivity index (χ0) is 11.7. The third kappa shape index (κ3) is 1.84. The van der Waals surface area contributed by atoms with Crippen LogP contribution in [0.25, 0.3) is 10.9 Å². The van der Waals surface area contributed by atoms with E-state index >= 15 is 0 Å². The number of carbonyl (C=O) groups excluding carboxylic acids is 1. The van der Waals surface area contributed by atoms with E-state index in [4.69, 9.17) is 0 Å². The van der Waals surface area contributed by atoms with Crippen molar-refractivity contribution in [2.24, 2.45) is 0 Å². The number of hydrogen-bond acceptors (Lipinski definition) is 2. The van der Waals surface area contributed by atoms with E-state index in [-0.39, 0.29) is 11.6 Å². The van der Waals surface area contributed by atoms with Crippen LogP contribution in [0.3, 0.4) is 0 Å². The van der Waals surface area contributed by atoms with Crippen molar-refractivity contribution in [1.29, 1.82) is 0 Å². The minimum absolute atomic E-state index is 0.0162. The van der Waals surface area contributed by atoms with Crippen LogP contribution < -0.4 is 0 Å². The lowest BCUT2D eigenvalue weighted by atomic mass is 10.1. The molecule has 1 heterocycles. The third-order valence-electron chi connectivity index (χ3n) is 2.43. The Bertz CT molecular complexity index is 531. The summed E-state index contributed by atoms with van der Waals surface area (Å²) in [6.45, 7) is 0.319. The number of Topliss-reactive ketones (excluding diaryl/α,β-unsaturated/α-hetero) is 1. The van der Waals surface area contributed by atoms with E-state index in [2.05, 4.69) is 4.98 Å². The van der Waals surface area contributed by atoms with Gasteiger partial charge in [0.05, 0.1) is 12.1 Å². The average Bonchev–Trinajstić information content (AvgIpc) is 2.66. The number of H-pyrrole nitrogens is 1. The van der Waals surface area contributed by atoms with Crippen molar-refractivity contribution in [3.8, 4) is 0 Å². The monoisotopic (exact) mass is 220 g/mol. The summed E-state index contributed by atoms with van der Waals surface area (Å²) in [5, 5.41) is 0.463. The second-order valence-corrected chi connectivity index (χ2v) is 4.02. The molecule has 3 nitrogen and oxygen atoms in total. The first-order valence-electron chi connectivity index (χ1n) is 5.03. The number of rotatable bonds is 3. The number of aromatic nitrogens is 1. The van der Waals surface area contributed by atoms with Crippen molar-refractivity contribution in [2.75, 3.05) is 20.6 Å². The van der Waals surface area contributed by atoms with Gasteiger partial charge in [-0.3, -0.25) is 4.79 Å².